The van der Waals surface area contributed by atoms with Crippen molar-refractivity contribution in [3.8, 4) is 0 Å². The van der Waals surface area contributed by atoms with Crippen molar-refractivity contribution < 1.29 is 4.74 Å². The summed E-state index contributed by atoms with van der Waals surface area (Å²) >= 11 is 1.73. The third-order valence-electron chi connectivity index (χ3n) is 3.32. The summed E-state index contributed by atoms with van der Waals surface area (Å²) in [5.74, 6) is 0. The third-order valence-corrected chi connectivity index (χ3v) is 4.27. The zero-order valence-corrected chi connectivity index (χ0v) is 10.8. The lowest BCUT2D eigenvalue weighted by atomic mass is 9.92. The Hall–Kier alpha value is -0.450. The summed E-state index contributed by atoms with van der Waals surface area (Å²) in [5.41, 5.74) is 0. The summed E-state index contributed by atoms with van der Waals surface area (Å²) in [6, 6.07) is 1.01. The fourth-order valence-electron chi connectivity index (χ4n) is 2.34. The molecule has 0 bridgehead atoms. The topological polar surface area (TPSA) is 34.1 Å². The molecule has 0 saturated heterocycles. The minimum atomic E-state index is 0.379. The average Bonchev–Trinajstić information content (AvgIpc) is 2.83. The molecule has 1 aromatic rings. The zero-order chi connectivity index (χ0) is 11.4. The number of ether oxygens (including phenoxy) is 1. The summed E-state index contributed by atoms with van der Waals surface area (Å²) in [6.45, 7) is 2.20. The van der Waals surface area contributed by atoms with Crippen LogP contribution in [0.15, 0.2) is 11.6 Å². The SMILES string of the molecule is COC1CCC(NC(C)c2nccs2)CC1. The second kappa shape index (κ2) is 5.75. The summed E-state index contributed by atoms with van der Waals surface area (Å²) < 4.78 is 5.38. The van der Waals surface area contributed by atoms with Gasteiger partial charge in [-0.15, -0.1) is 11.3 Å². The molecule has 0 radical (unpaired) electrons. The van der Waals surface area contributed by atoms with E-state index in [0.29, 0.717) is 18.2 Å². The molecule has 1 aromatic heterocycles. The Morgan fingerprint density at radius 1 is 1.44 bits per heavy atom. The number of nitrogens with zero attached hydrogens (tertiary/aromatic N) is 1. The molecule has 3 nitrogen and oxygen atoms in total. The molecule has 0 aliphatic heterocycles. The van der Waals surface area contributed by atoms with Crippen molar-refractivity contribution in [2.75, 3.05) is 7.11 Å². The Morgan fingerprint density at radius 2 is 2.19 bits per heavy atom. The molecule has 16 heavy (non-hydrogen) atoms. The average molecular weight is 240 g/mol. The lowest BCUT2D eigenvalue weighted by Crippen LogP contribution is -2.36. The van der Waals surface area contributed by atoms with E-state index in [1.807, 2.05) is 18.7 Å². The first-order chi connectivity index (χ1) is 7.79. The maximum absolute atomic E-state index is 5.38. The molecule has 1 heterocycles. The van der Waals surface area contributed by atoms with Crippen molar-refractivity contribution in [1.29, 1.82) is 0 Å². The number of rotatable bonds is 4. The Kier molecular flexibility index (Phi) is 4.32. The second-order valence-electron chi connectivity index (χ2n) is 4.47. The highest BCUT2D eigenvalue weighted by Crippen LogP contribution is 2.23. The van der Waals surface area contributed by atoms with Crippen LogP contribution < -0.4 is 5.32 Å². The van der Waals surface area contributed by atoms with Crippen molar-refractivity contribution in [3.05, 3.63) is 16.6 Å². The normalized spacial score (nSPS) is 27.9. The van der Waals surface area contributed by atoms with Crippen LogP contribution in [-0.2, 0) is 4.74 Å². The van der Waals surface area contributed by atoms with Crippen LogP contribution in [0.25, 0.3) is 0 Å². The predicted molar refractivity (Wildman–Crippen MR) is 66.7 cm³/mol. The molecule has 1 aliphatic carbocycles. The molecule has 1 fully saturated rings. The second-order valence-corrected chi connectivity index (χ2v) is 5.39. The Morgan fingerprint density at radius 3 is 2.75 bits per heavy atom. The van der Waals surface area contributed by atoms with Crippen molar-refractivity contribution in [3.63, 3.8) is 0 Å². The Balaban J connectivity index is 1.78. The molecule has 1 saturated carbocycles. The van der Waals surface area contributed by atoms with Crippen molar-refractivity contribution >= 4 is 11.3 Å². The van der Waals surface area contributed by atoms with Gasteiger partial charge in [0.1, 0.15) is 5.01 Å². The number of nitrogens with one attached hydrogen (secondary N) is 1. The van der Waals surface area contributed by atoms with E-state index >= 15 is 0 Å². The van der Waals surface area contributed by atoms with Gasteiger partial charge in [-0.05, 0) is 32.6 Å². The predicted octanol–water partition coefficient (Wildman–Crippen LogP) is 2.75. The number of aromatic nitrogens is 1. The molecular formula is C12H20N2OS. The zero-order valence-electron chi connectivity index (χ0n) is 9.98. The van der Waals surface area contributed by atoms with Crippen LogP contribution in [0.1, 0.15) is 43.7 Å². The minimum absolute atomic E-state index is 0.379. The first-order valence-corrected chi connectivity index (χ1v) is 6.85. The van der Waals surface area contributed by atoms with Crippen LogP contribution in [0.4, 0.5) is 0 Å². The molecule has 0 spiro atoms. The Labute approximate surface area is 101 Å². The lowest BCUT2D eigenvalue weighted by Gasteiger charge is -2.30. The van der Waals surface area contributed by atoms with Gasteiger partial charge < -0.3 is 10.1 Å². The van der Waals surface area contributed by atoms with Gasteiger partial charge >= 0.3 is 0 Å². The van der Waals surface area contributed by atoms with Crippen LogP contribution in [-0.4, -0.2) is 24.2 Å². The highest BCUT2D eigenvalue weighted by molar-refractivity contribution is 7.09. The van der Waals surface area contributed by atoms with E-state index in [-0.39, 0.29) is 0 Å². The van der Waals surface area contributed by atoms with Crippen molar-refractivity contribution in [2.24, 2.45) is 0 Å². The van der Waals surface area contributed by atoms with Gasteiger partial charge in [0.05, 0.1) is 12.1 Å². The van der Waals surface area contributed by atoms with E-state index in [0.717, 1.165) is 0 Å². The summed E-state index contributed by atoms with van der Waals surface area (Å²) in [7, 11) is 1.82. The molecule has 1 atom stereocenters. The minimum Gasteiger partial charge on any atom is -0.381 e. The third kappa shape index (κ3) is 3.03. The molecule has 0 aromatic carbocycles. The first kappa shape index (κ1) is 12.0. The molecule has 90 valence electrons. The van der Waals surface area contributed by atoms with Crippen LogP contribution >= 0.6 is 11.3 Å². The lowest BCUT2D eigenvalue weighted by molar-refractivity contribution is 0.0614. The molecule has 0 amide bonds. The largest absolute Gasteiger partial charge is 0.381 e. The maximum Gasteiger partial charge on any atom is 0.109 e. The number of hydrogen-bond acceptors (Lipinski definition) is 4. The Bertz CT molecular complexity index is 294. The summed E-state index contributed by atoms with van der Waals surface area (Å²) in [6.07, 6.45) is 7.15. The number of thiazole rings is 1. The molecule has 2 rings (SSSR count). The number of methoxy groups -OCH3 is 1. The van der Waals surface area contributed by atoms with Gasteiger partial charge in [-0.1, -0.05) is 0 Å². The van der Waals surface area contributed by atoms with Crippen molar-refractivity contribution in [1.82, 2.24) is 10.3 Å². The monoisotopic (exact) mass is 240 g/mol. The molecule has 1 aliphatic rings. The molecule has 1 unspecified atom stereocenters. The first-order valence-electron chi connectivity index (χ1n) is 5.98. The van der Waals surface area contributed by atoms with Gasteiger partial charge in [0, 0.05) is 24.7 Å². The van der Waals surface area contributed by atoms with E-state index in [9.17, 15) is 0 Å². The number of hydrogen-bond donors (Lipinski definition) is 1. The van der Waals surface area contributed by atoms with Gasteiger partial charge in [-0.2, -0.15) is 0 Å². The highest BCUT2D eigenvalue weighted by Gasteiger charge is 2.22. The fourth-order valence-corrected chi connectivity index (χ4v) is 2.99. The van der Waals surface area contributed by atoms with E-state index in [2.05, 4.69) is 17.2 Å². The van der Waals surface area contributed by atoms with Gasteiger partial charge in [0.15, 0.2) is 0 Å². The standard InChI is InChI=1S/C12H20N2OS/c1-9(12-13-7-8-16-12)14-10-3-5-11(15-2)6-4-10/h7-11,14H,3-6H2,1-2H3. The van der Waals surface area contributed by atoms with Gasteiger partial charge in [-0.3, -0.25) is 0 Å². The van der Waals surface area contributed by atoms with E-state index in [4.69, 9.17) is 4.74 Å². The van der Waals surface area contributed by atoms with Crippen LogP contribution in [0, 0.1) is 0 Å². The van der Waals surface area contributed by atoms with Gasteiger partial charge in [-0.25, -0.2) is 4.98 Å². The van der Waals surface area contributed by atoms with Crippen molar-refractivity contribution in [2.45, 2.75) is 50.8 Å². The molecule has 4 heteroatoms. The maximum atomic E-state index is 5.38. The summed E-state index contributed by atoms with van der Waals surface area (Å²) in [5, 5.41) is 6.88. The summed E-state index contributed by atoms with van der Waals surface area (Å²) in [4.78, 5) is 4.34. The van der Waals surface area contributed by atoms with Gasteiger partial charge in [0.2, 0.25) is 0 Å². The van der Waals surface area contributed by atoms with Crippen LogP contribution in [0.5, 0.6) is 0 Å². The molecule has 1 N–H and O–H groups in total. The van der Waals surface area contributed by atoms with E-state index in [1.165, 1.54) is 30.7 Å². The van der Waals surface area contributed by atoms with Crippen LogP contribution in [0.3, 0.4) is 0 Å². The highest BCUT2D eigenvalue weighted by atomic mass is 32.1. The van der Waals surface area contributed by atoms with E-state index < -0.39 is 0 Å². The quantitative estimate of drug-likeness (QED) is 0.878. The van der Waals surface area contributed by atoms with Gasteiger partial charge in [0.25, 0.3) is 0 Å². The molecular weight excluding hydrogens is 220 g/mol. The van der Waals surface area contributed by atoms with Crippen LogP contribution in [0.2, 0.25) is 0 Å². The van der Waals surface area contributed by atoms with E-state index in [1.54, 1.807) is 11.3 Å². The smallest absolute Gasteiger partial charge is 0.109 e. The fraction of sp³-hybridized carbons (Fsp3) is 0.750.